The second kappa shape index (κ2) is 8.42. The number of Topliss-reactive ketones (excluding diaryl/α,β-unsaturated/α-hetero) is 1. The maximum Gasteiger partial charge on any atom is 0.219 e. The van der Waals surface area contributed by atoms with Crippen molar-refractivity contribution in [3.63, 3.8) is 0 Å². The quantitative estimate of drug-likeness (QED) is 0.530. The molecule has 6 nitrogen and oxygen atoms in total. The molecule has 162 valence electrons. The molecule has 1 aliphatic carbocycles. The van der Waals surface area contributed by atoms with Gasteiger partial charge in [-0.25, -0.2) is 4.39 Å². The van der Waals surface area contributed by atoms with E-state index in [1.54, 1.807) is 17.0 Å². The maximum absolute atomic E-state index is 14.1. The third kappa shape index (κ3) is 3.90. The lowest BCUT2D eigenvalue weighted by Crippen LogP contribution is -2.42. The number of allylic oxidation sites excluding steroid dienone is 3. The smallest absolute Gasteiger partial charge is 0.219 e. The SMILES string of the molecule is C#CCSc1nnc(N2C(N)=C(C#N)C(c3cccc(F)c3)C3=C2CC(C)(C)CC3=O)s1. The van der Waals surface area contributed by atoms with Gasteiger partial charge in [0.2, 0.25) is 5.13 Å². The van der Waals surface area contributed by atoms with Gasteiger partial charge in [-0.1, -0.05) is 55.0 Å². The molecule has 1 aliphatic heterocycles. The molecule has 32 heavy (non-hydrogen) atoms. The summed E-state index contributed by atoms with van der Waals surface area (Å²) in [5.41, 5.74) is 8.08. The van der Waals surface area contributed by atoms with Crippen LogP contribution in [0.25, 0.3) is 0 Å². The monoisotopic (exact) mass is 465 g/mol. The van der Waals surface area contributed by atoms with E-state index in [9.17, 15) is 14.4 Å². The minimum atomic E-state index is -0.728. The summed E-state index contributed by atoms with van der Waals surface area (Å²) in [6.45, 7) is 4.02. The minimum absolute atomic E-state index is 0.0813. The number of rotatable bonds is 4. The predicted octanol–water partition coefficient (Wildman–Crippen LogP) is 4.34. The molecule has 2 aromatic rings. The number of ketones is 1. The van der Waals surface area contributed by atoms with E-state index >= 15 is 0 Å². The molecule has 0 spiro atoms. The standard InChI is InChI=1S/C23H20FN5OS2/c1-4-8-31-22-28-27-21(32-22)29-16-10-23(2,3)11-17(30)19(16)18(15(12-25)20(29)26)13-6-5-7-14(24)9-13/h1,5-7,9,18H,8,10-11,26H2,2-3H3. The van der Waals surface area contributed by atoms with E-state index in [0.717, 1.165) is 0 Å². The summed E-state index contributed by atoms with van der Waals surface area (Å²) in [5.74, 6) is 1.92. The fourth-order valence-corrected chi connectivity index (χ4v) is 5.76. The highest BCUT2D eigenvalue weighted by Crippen LogP contribution is 2.50. The van der Waals surface area contributed by atoms with E-state index in [2.05, 4.69) is 22.2 Å². The van der Waals surface area contributed by atoms with Crippen molar-refractivity contribution in [2.24, 2.45) is 11.1 Å². The maximum atomic E-state index is 14.1. The first-order chi connectivity index (χ1) is 15.3. The Bertz CT molecular complexity index is 1250. The number of aromatic nitrogens is 2. The van der Waals surface area contributed by atoms with E-state index in [-0.39, 0.29) is 22.6 Å². The number of halogens is 1. The van der Waals surface area contributed by atoms with E-state index in [0.29, 0.717) is 44.9 Å². The zero-order chi connectivity index (χ0) is 23.0. The van der Waals surface area contributed by atoms with Gasteiger partial charge >= 0.3 is 0 Å². The zero-order valence-electron chi connectivity index (χ0n) is 17.6. The fraction of sp³-hybridized carbons (Fsp3) is 0.304. The molecule has 0 bridgehead atoms. The summed E-state index contributed by atoms with van der Waals surface area (Å²) in [5, 5.41) is 18.9. The highest BCUT2D eigenvalue weighted by molar-refractivity contribution is 8.01. The molecule has 0 radical (unpaired) electrons. The van der Waals surface area contributed by atoms with Gasteiger partial charge in [0.15, 0.2) is 10.1 Å². The van der Waals surface area contributed by atoms with Crippen molar-refractivity contribution in [1.29, 1.82) is 5.26 Å². The number of benzene rings is 1. The van der Waals surface area contributed by atoms with E-state index in [1.807, 2.05) is 13.8 Å². The first-order valence-electron chi connectivity index (χ1n) is 9.87. The second-order valence-corrected chi connectivity index (χ2v) is 10.6. The van der Waals surface area contributed by atoms with Crippen LogP contribution in [0, 0.1) is 34.9 Å². The highest BCUT2D eigenvalue weighted by Gasteiger charge is 2.45. The number of nitriles is 1. The number of nitrogens with zero attached hydrogens (tertiary/aromatic N) is 4. The van der Waals surface area contributed by atoms with Crippen molar-refractivity contribution in [2.45, 2.75) is 36.9 Å². The van der Waals surface area contributed by atoms with Crippen molar-refractivity contribution in [1.82, 2.24) is 10.2 Å². The Kier molecular flexibility index (Phi) is 5.81. The first-order valence-corrected chi connectivity index (χ1v) is 11.7. The van der Waals surface area contributed by atoms with Gasteiger partial charge in [-0.2, -0.15) is 5.26 Å². The van der Waals surface area contributed by atoms with Gasteiger partial charge in [-0.15, -0.1) is 16.6 Å². The third-order valence-corrected chi connectivity index (χ3v) is 7.38. The molecule has 2 N–H and O–H groups in total. The van der Waals surface area contributed by atoms with Crippen molar-refractivity contribution >= 4 is 34.0 Å². The fourth-order valence-electron chi connectivity index (χ4n) is 4.20. The average Bonchev–Trinajstić information content (AvgIpc) is 3.18. The topological polar surface area (TPSA) is 95.9 Å². The summed E-state index contributed by atoms with van der Waals surface area (Å²) in [6.07, 6.45) is 6.21. The van der Waals surface area contributed by atoms with Gasteiger partial charge < -0.3 is 5.73 Å². The number of hydrogen-bond acceptors (Lipinski definition) is 8. The molecule has 2 heterocycles. The average molecular weight is 466 g/mol. The number of terminal acetylenes is 1. The van der Waals surface area contributed by atoms with E-state index in [4.69, 9.17) is 12.2 Å². The molecular weight excluding hydrogens is 445 g/mol. The molecule has 0 fully saturated rings. The molecule has 4 rings (SSSR count). The van der Waals surface area contributed by atoms with Crippen LogP contribution in [0.4, 0.5) is 9.52 Å². The van der Waals surface area contributed by atoms with Crippen LogP contribution >= 0.6 is 23.1 Å². The van der Waals surface area contributed by atoms with E-state index in [1.165, 1.54) is 35.2 Å². The van der Waals surface area contributed by atoms with Crippen LogP contribution in [0.3, 0.4) is 0 Å². The van der Waals surface area contributed by atoms with Crippen LogP contribution in [-0.2, 0) is 4.79 Å². The Morgan fingerprint density at radius 1 is 1.41 bits per heavy atom. The van der Waals surface area contributed by atoms with Crippen molar-refractivity contribution in [3.8, 4) is 18.4 Å². The molecule has 9 heteroatoms. The number of nitrogens with two attached hydrogens (primary N) is 1. The number of carbonyl (C=O) groups is 1. The largest absolute Gasteiger partial charge is 0.384 e. The molecular formula is C23H20FN5OS2. The van der Waals surface area contributed by atoms with Crippen molar-refractivity contribution in [2.75, 3.05) is 10.7 Å². The molecule has 0 amide bonds. The Morgan fingerprint density at radius 3 is 2.88 bits per heavy atom. The zero-order valence-corrected chi connectivity index (χ0v) is 19.2. The van der Waals surface area contributed by atoms with Gasteiger partial charge in [0.25, 0.3) is 0 Å². The van der Waals surface area contributed by atoms with Crippen LogP contribution in [0.15, 0.2) is 51.3 Å². The van der Waals surface area contributed by atoms with Crippen LogP contribution in [0.1, 0.15) is 38.2 Å². The number of hydrogen-bond donors (Lipinski definition) is 1. The number of thioether (sulfide) groups is 1. The molecule has 1 aromatic heterocycles. The lowest BCUT2D eigenvalue weighted by atomic mass is 9.68. The normalized spacial score (nSPS) is 20.1. The predicted molar refractivity (Wildman–Crippen MR) is 123 cm³/mol. The second-order valence-electron chi connectivity index (χ2n) is 8.38. The van der Waals surface area contributed by atoms with Gasteiger partial charge in [0, 0.05) is 17.7 Å². The summed E-state index contributed by atoms with van der Waals surface area (Å²) in [4.78, 5) is 15.1. The van der Waals surface area contributed by atoms with Crippen LogP contribution in [0.5, 0.6) is 0 Å². The van der Waals surface area contributed by atoms with Gasteiger partial charge in [0.1, 0.15) is 11.6 Å². The number of carbonyl (C=O) groups excluding carboxylic acids is 1. The molecule has 1 aromatic carbocycles. The third-order valence-electron chi connectivity index (χ3n) is 5.43. The molecule has 1 atom stereocenters. The van der Waals surface area contributed by atoms with Crippen molar-refractivity contribution in [3.05, 3.63) is 58.3 Å². The van der Waals surface area contributed by atoms with Crippen molar-refractivity contribution < 1.29 is 9.18 Å². The highest BCUT2D eigenvalue weighted by atomic mass is 32.2. The summed E-state index contributed by atoms with van der Waals surface area (Å²) < 4.78 is 14.7. The molecule has 2 aliphatic rings. The summed E-state index contributed by atoms with van der Waals surface area (Å²) >= 11 is 2.67. The van der Waals surface area contributed by atoms with E-state index < -0.39 is 11.7 Å². The lowest BCUT2D eigenvalue weighted by Gasteiger charge is -2.42. The van der Waals surface area contributed by atoms with Crippen LogP contribution in [-0.4, -0.2) is 21.7 Å². The number of anilines is 1. The Hall–Kier alpha value is -3.14. The first kappa shape index (κ1) is 22.1. The molecule has 0 saturated carbocycles. The summed E-state index contributed by atoms with van der Waals surface area (Å²) in [6, 6.07) is 8.13. The Labute approximate surface area is 194 Å². The Morgan fingerprint density at radius 2 is 2.19 bits per heavy atom. The van der Waals surface area contributed by atoms with Gasteiger partial charge in [-0.05, 0) is 29.5 Å². The van der Waals surface area contributed by atoms with Crippen LogP contribution in [0.2, 0.25) is 0 Å². The molecule has 0 saturated heterocycles. The lowest BCUT2D eigenvalue weighted by molar-refractivity contribution is -0.118. The summed E-state index contributed by atoms with van der Waals surface area (Å²) in [7, 11) is 0. The van der Waals surface area contributed by atoms with Gasteiger partial charge in [-0.3, -0.25) is 9.69 Å². The molecule has 1 unspecified atom stereocenters. The van der Waals surface area contributed by atoms with Crippen LogP contribution < -0.4 is 10.6 Å². The minimum Gasteiger partial charge on any atom is -0.384 e. The Balaban J connectivity index is 1.93. The van der Waals surface area contributed by atoms with Gasteiger partial charge in [0.05, 0.1) is 23.3 Å².